The van der Waals surface area contributed by atoms with Crippen LogP contribution < -0.4 is 4.74 Å². The average molecular weight is 346 g/mol. The summed E-state index contributed by atoms with van der Waals surface area (Å²) in [6, 6.07) is 7.26. The molecule has 0 radical (unpaired) electrons. The fraction of sp³-hybridized carbons (Fsp3) is 0.400. The third kappa shape index (κ3) is 5.55. The Morgan fingerprint density at radius 3 is 2.44 bits per heavy atom. The van der Waals surface area contributed by atoms with Crippen LogP contribution in [0.4, 0.5) is 13.2 Å². The van der Waals surface area contributed by atoms with Crippen LogP contribution in [0.15, 0.2) is 24.3 Å². The van der Waals surface area contributed by atoms with Crippen LogP contribution in [-0.2, 0) is 4.74 Å². The lowest BCUT2D eigenvalue weighted by molar-refractivity contribution is -0.175. The Balaban J connectivity index is 2.19. The summed E-state index contributed by atoms with van der Waals surface area (Å²) in [6.45, 7) is -1.21. The number of benzene rings is 1. The number of alkyl halides is 3. The molecule has 0 aliphatic rings. The molecule has 0 aliphatic heterocycles. The van der Waals surface area contributed by atoms with Crippen LogP contribution in [0.2, 0.25) is 0 Å². The van der Waals surface area contributed by atoms with Crippen molar-refractivity contribution in [3.8, 4) is 5.75 Å². The van der Waals surface area contributed by atoms with Gasteiger partial charge in [0, 0.05) is 0 Å². The third-order valence-electron chi connectivity index (χ3n) is 1.59. The minimum Gasteiger partial charge on any atom is -0.490 e. The molecule has 2 nitrogen and oxygen atoms in total. The van der Waals surface area contributed by atoms with E-state index in [1.807, 2.05) is 12.1 Å². The second-order valence-electron chi connectivity index (χ2n) is 2.95. The lowest BCUT2D eigenvalue weighted by atomic mass is 10.3. The molecule has 90 valence electrons. The van der Waals surface area contributed by atoms with Gasteiger partial charge in [-0.05, 0) is 34.7 Å². The number of rotatable bonds is 5. The molecule has 16 heavy (non-hydrogen) atoms. The van der Waals surface area contributed by atoms with Crippen LogP contribution in [0, 0.1) is 3.57 Å². The molecular formula is C10H10F3IO2. The second kappa shape index (κ2) is 6.29. The monoisotopic (exact) mass is 346 g/mol. The van der Waals surface area contributed by atoms with E-state index in [-0.39, 0.29) is 13.2 Å². The number of hydrogen-bond donors (Lipinski definition) is 0. The first-order valence-electron chi connectivity index (χ1n) is 4.51. The Labute approximate surface area is 105 Å². The quantitative estimate of drug-likeness (QED) is 0.602. The van der Waals surface area contributed by atoms with Gasteiger partial charge in [-0.15, -0.1) is 0 Å². The molecule has 0 saturated heterocycles. The molecule has 0 aliphatic carbocycles. The molecule has 1 aromatic carbocycles. The lowest BCUT2D eigenvalue weighted by Gasteiger charge is -2.09. The fourth-order valence-corrected chi connectivity index (χ4v) is 1.50. The Kier molecular flexibility index (Phi) is 5.33. The summed E-state index contributed by atoms with van der Waals surface area (Å²) in [6.07, 6.45) is -4.28. The first-order chi connectivity index (χ1) is 7.49. The van der Waals surface area contributed by atoms with E-state index in [0.717, 1.165) is 3.57 Å². The van der Waals surface area contributed by atoms with Gasteiger partial charge in [-0.1, -0.05) is 12.1 Å². The first-order valence-corrected chi connectivity index (χ1v) is 5.59. The summed E-state index contributed by atoms with van der Waals surface area (Å²) in [5.41, 5.74) is 0. The first kappa shape index (κ1) is 13.6. The Bertz CT molecular complexity index is 328. The molecule has 0 spiro atoms. The summed E-state index contributed by atoms with van der Waals surface area (Å²) in [7, 11) is 0. The van der Waals surface area contributed by atoms with E-state index >= 15 is 0 Å². The van der Waals surface area contributed by atoms with Gasteiger partial charge in [-0.3, -0.25) is 0 Å². The normalized spacial score (nSPS) is 11.5. The van der Waals surface area contributed by atoms with Crippen LogP contribution in [0.1, 0.15) is 0 Å². The topological polar surface area (TPSA) is 18.5 Å². The van der Waals surface area contributed by atoms with E-state index in [1.165, 1.54) is 0 Å². The van der Waals surface area contributed by atoms with Gasteiger partial charge in [0.05, 0.1) is 10.2 Å². The molecule has 0 saturated carbocycles. The number of ether oxygens (including phenoxy) is 2. The van der Waals surface area contributed by atoms with Gasteiger partial charge in [-0.2, -0.15) is 13.2 Å². The fourth-order valence-electron chi connectivity index (χ4n) is 0.960. The molecule has 1 rings (SSSR count). The molecule has 0 heterocycles. The van der Waals surface area contributed by atoms with Crippen molar-refractivity contribution < 1.29 is 22.6 Å². The maximum Gasteiger partial charge on any atom is 0.411 e. The summed E-state index contributed by atoms with van der Waals surface area (Å²) in [5, 5.41) is 0. The Morgan fingerprint density at radius 2 is 1.81 bits per heavy atom. The zero-order chi connectivity index (χ0) is 12.0. The van der Waals surface area contributed by atoms with Gasteiger partial charge in [0.25, 0.3) is 0 Å². The summed E-state index contributed by atoms with van der Waals surface area (Å²) in [5.74, 6) is 0.652. The predicted molar refractivity (Wildman–Crippen MR) is 61.5 cm³/mol. The molecule has 6 heteroatoms. The molecule has 0 atom stereocenters. The molecule has 0 amide bonds. The molecule has 0 fully saturated rings. The standard InChI is InChI=1S/C10H10F3IO2/c11-10(12,13)7-15-5-6-16-9-4-2-1-3-8(9)14/h1-4H,5-7H2. The van der Waals surface area contributed by atoms with Gasteiger partial charge >= 0.3 is 6.18 Å². The van der Waals surface area contributed by atoms with Crippen molar-refractivity contribution in [1.29, 1.82) is 0 Å². The van der Waals surface area contributed by atoms with Gasteiger partial charge < -0.3 is 9.47 Å². The number of halogens is 4. The van der Waals surface area contributed by atoms with E-state index < -0.39 is 12.8 Å². The minimum atomic E-state index is -4.28. The van der Waals surface area contributed by atoms with Crippen molar-refractivity contribution in [3.05, 3.63) is 27.8 Å². The predicted octanol–water partition coefficient (Wildman–Crippen LogP) is 3.25. The molecule has 0 unspecified atom stereocenters. The van der Waals surface area contributed by atoms with Crippen LogP contribution in [0.25, 0.3) is 0 Å². The smallest absolute Gasteiger partial charge is 0.411 e. The maximum atomic E-state index is 11.7. The highest BCUT2D eigenvalue weighted by atomic mass is 127. The highest BCUT2D eigenvalue weighted by molar-refractivity contribution is 14.1. The summed E-state index contributed by atoms with van der Waals surface area (Å²) < 4.78 is 45.7. The van der Waals surface area contributed by atoms with Gasteiger partial charge in [0.1, 0.15) is 19.0 Å². The third-order valence-corrected chi connectivity index (χ3v) is 2.48. The molecule has 0 bridgehead atoms. The molecular weight excluding hydrogens is 336 g/mol. The van der Waals surface area contributed by atoms with Gasteiger partial charge in [0.15, 0.2) is 0 Å². The van der Waals surface area contributed by atoms with Crippen LogP contribution in [0.5, 0.6) is 5.75 Å². The Morgan fingerprint density at radius 1 is 1.12 bits per heavy atom. The van der Waals surface area contributed by atoms with Crippen molar-refractivity contribution in [2.45, 2.75) is 6.18 Å². The van der Waals surface area contributed by atoms with Gasteiger partial charge in [-0.25, -0.2) is 0 Å². The maximum absolute atomic E-state index is 11.7. The van der Waals surface area contributed by atoms with E-state index in [2.05, 4.69) is 27.3 Å². The van der Waals surface area contributed by atoms with E-state index in [0.29, 0.717) is 5.75 Å². The minimum absolute atomic E-state index is 0.0789. The van der Waals surface area contributed by atoms with Crippen LogP contribution in [0.3, 0.4) is 0 Å². The van der Waals surface area contributed by atoms with Crippen molar-refractivity contribution in [3.63, 3.8) is 0 Å². The van der Waals surface area contributed by atoms with Crippen molar-refractivity contribution in [1.82, 2.24) is 0 Å². The van der Waals surface area contributed by atoms with Crippen LogP contribution >= 0.6 is 22.6 Å². The van der Waals surface area contributed by atoms with Crippen molar-refractivity contribution >= 4 is 22.6 Å². The lowest BCUT2D eigenvalue weighted by Crippen LogP contribution is -2.19. The molecule has 0 aromatic heterocycles. The highest BCUT2D eigenvalue weighted by Crippen LogP contribution is 2.19. The highest BCUT2D eigenvalue weighted by Gasteiger charge is 2.27. The zero-order valence-electron chi connectivity index (χ0n) is 8.26. The summed E-state index contributed by atoms with van der Waals surface area (Å²) in [4.78, 5) is 0. The van der Waals surface area contributed by atoms with Crippen molar-refractivity contribution in [2.24, 2.45) is 0 Å². The van der Waals surface area contributed by atoms with Crippen molar-refractivity contribution in [2.75, 3.05) is 19.8 Å². The molecule has 0 N–H and O–H groups in total. The number of para-hydroxylation sites is 1. The van der Waals surface area contributed by atoms with E-state index in [1.54, 1.807) is 12.1 Å². The van der Waals surface area contributed by atoms with Gasteiger partial charge in [0.2, 0.25) is 0 Å². The van der Waals surface area contributed by atoms with Crippen LogP contribution in [-0.4, -0.2) is 26.0 Å². The zero-order valence-corrected chi connectivity index (χ0v) is 10.4. The SMILES string of the molecule is FC(F)(F)COCCOc1ccccc1I. The largest absolute Gasteiger partial charge is 0.490 e. The number of hydrogen-bond acceptors (Lipinski definition) is 2. The second-order valence-corrected chi connectivity index (χ2v) is 4.11. The Hall–Kier alpha value is -0.500. The summed E-state index contributed by atoms with van der Waals surface area (Å²) >= 11 is 2.09. The molecule has 1 aromatic rings. The average Bonchev–Trinajstić information content (AvgIpc) is 2.18. The van der Waals surface area contributed by atoms with E-state index in [4.69, 9.17) is 4.74 Å². The van der Waals surface area contributed by atoms with E-state index in [9.17, 15) is 13.2 Å².